The number of amides is 2. The number of carbonyl (C=O) groups excluding carboxylic acids is 2. The van der Waals surface area contributed by atoms with Gasteiger partial charge in [-0.3, -0.25) is 9.72 Å². The van der Waals surface area contributed by atoms with Gasteiger partial charge in [-0.1, -0.05) is 43.7 Å². The van der Waals surface area contributed by atoms with Crippen molar-refractivity contribution >= 4 is 73.0 Å². The maximum absolute atomic E-state index is 13.0. The molecule has 0 unspecified atom stereocenters. The zero-order valence-corrected chi connectivity index (χ0v) is 26.5. The van der Waals surface area contributed by atoms with E-state index >= 15 is 0 Å². The Bertz CT molecular complexity index is 2060. The average Bonchev–Trinajstić information content (AvgIpc) is 3.69. The fraction of sp³-hybridized carbons (Fsp3) is 0.188. The lowest BCUT2D eigenvalue weighted by Crippen LogP contribution is -2.21. The monoisotopic (exact) mass is 643 g/mol. The fourth-order valence-electron chi connectivity index (χ4n) is 4.69. The van der Waals surface area contributed by atoms with Crippen LogP contribution in [0.3, 0.4) is 0 Å². The van der Waals surface area contributed by atoms with Gasteiger partial charge in [-0.05, 0) is 67.6 Å². The lowest BCUT2D eigenvalue weighted by molar-refractivity contribution is 0.0518. The minimum Gasteiger partial charge on any atom is -0.506 e. The van der Waals surface area contributed by atoms with Crippen LogP contribution in [-0.2, 0) is 10.2 Å². The van der Waals surface area contributed by atoms with Crippen molar-refractivity contribution < 1.29 is 19.4 Å². The van der Waals surface area contributed by atoms with Crippen molar-refractivity contribution in [3.63, 3.8) is 0 Å². The number of rotatable bonds is 7. The molecular weight excluding hydrogens is 614 g/mol. The number of thiazole rings is 1. The molecule has 3 aromatic carbocycles. The number of aromatic nitrogens is 4. The van der Waals surface area contributed by atoms with Gasteiger partial charge in [0, 0.05) is 28.5 Å². The first kappa shape index (κ1) is 30.0. The molecule has 0 radical (unpaired) electrons. The minimum atomic E-state index is -0.447. The van der Waals surface area contributed by atoms with E-state index in [1.54, 1.807) is 35.9 Å². The molecule has 0 spiro atoms. The maximum atomic E-state index is 13.0. The van der Waals surface area contributed by atoms with E-state index in [2.05, 4.69) is 26.0 Å². The van der Waals surface area contributed by atoms with Gasteiger partial charge in [0.15, 0.2) is 10.7 Å². The number of imidazole rings is 1. The van der Waals surface area contributed by atoms with Gasteiger partial charge in [0.2, 0.25) is 0 Å². The highest BCUT2D eigenvalue weighted by atomic mass is 35.5. The number of fused-ring (bicyclic) bond motifs is 3. The molecule has 0 aliphatic carbocycles. The van der Waals surface area contributed by atoms with Gasteiger partial charge in [0.1, 0.15) is 11.6 Å². The Morgan fingerprint density at radius 1 is 0.978 bits per heavy atom. The molecule has 230 valence electrons. The van der Waals surface area contributed by atoms with Crippen molar-refractivity contribution in [3.05, 3.63) is 89.3 Å². The van der Waals surface area contributed by atoms with Crippen LogP contribution in [0.5, 0.6) is 5.75 Å². The molecule has 0 saturated heterocycles. The van der Waals surface area contributed by atoms with Gasteiger partial charge in [0.25, 0.3) is 0 Å². The van der Waals surface area contributed by atoms with E-state index in [4.69, 9.17) is 16.3 Å². The number of benzene rings is 3. The maximum Gasteiger partial charge on any atom is 0.357 e. The van der Waals surface area contributed by atoms with Crippen molar-refractivity contribution in [2.75, 3.05) is 22.6 Å². The minimum absolute atomic E-state index is 0.0406. The number of carbonyl (C=O) groups is 2. The van der Waals surface area contributed by atoms with Crippen LogP contribution in [0.2, 0.25) is 5.02 Å². The van der Waals surface area contributed by atoms with E-state index in [0.29, 0.717) is 34.5 Å². The van der Waals surface area contributed by atoms with Crippen LogP contribution in [0.1, 0.15) is 43.9 Å². The summed E-state index contributed by atoms with van der Waals surface area (Å²) >= 11 is 7.62. The van der Waals surface area contributed by atoms with E-state index < -0.39 is 12.0 Å². The summed E-state index contributed by atoms with van der Waals surface area (Å²) in [5.74, 6) is 0.00116. The lowest BCUT2D eigenvalue weighted by atomic mass is 9.92. The topological polar surface area (TPSA) is 135 Å². The van der Waals surface area contributed by atoms with Crippen molar-refractivity contribution in [1.82, 2.24) is 19.2 Å². The molecule has 45 heavy (non-hydrogen) atoms. The number of phenols is 1. The van der Waals surface area contributed by atoms with Gasteiger partial charge in [-0.15, -0.1) is 0 Å². The smallest absolute Gasteiger partial charge is 0.357 e. The first-order chi connectivity index (χ1) is 21.5. The number of hydrogen-bond donors (Lipinski definition) is 4. The van der Waals surface area contributed by atoms with Crippen LogP contribution in [0.4, 0.5) is 27.7 Å². The van der Waals surface area contributed by atoms with E-state index in [9.17, 15) is 14.7 Å². The molecule has 0 fully saturated rings. The number of anilines is 4. The zero-order chi connectivity index (χ0) is 31.9. The third-order valence-corrected chi connectivity index (χ3v) is 8.26. The molecule has 0 aliphatic rings. The second kappa shape index (κ2) is 11.8. The van der Waals surface area contributed by atoms with Gasteiger partial charge < -0.3 is 20.5 Å². The van der Waals surface area contributed by atoms with E-state index in [1.807, 2.05) is 61.6 Å². The van der Waals surface area contributed by atoms with Crippen molar-refractivity contribution in [1.29, 1.82) is 0 Å². The first-order valence-corrected chi connectivity index (χ1v) is 15.3. The summed E-state index contributed by atoms with van der Waals surface area (Å²) in [7, 11) is 0. The Kier molecular flexibility index (Phi) is 7.85. The molecule has 0 saturated carbocycles. The van der Waals surface area contributed by atoms with Crippen LogP contribution in [-0.4, -0.2) is 42.9 Å². The van der Waals surface area contributed by atoms with E-state index in [1.165, 1.54) is 23.6 Å². The molecule has 6 rings (SSSR count). The number of hydrogen-bond acceptors (Lipinski definition) is 8. The molecule has 2 amide bonds. The number of urea groups is 1. The zero-order valence-electron chi connectivity index (χ0n) is 24.9. The summed E-state index contributed by atoms with van der Waals surface area (Å²) in [5, 5.41) is 23.8. The predicted octanol–water partition coefficient (Wildman–Crippen LogP) is 7.96. The van der Waals surface area contributed by atoms with Gasteiger partial charge in [-0.25, -0.2) is 19.3 Å². The molecule has 4 N–H and O–H groups in total. The summed E-state index contributed by atoms with van der Waals surface area (Å²) in [4.78, 5) is 30.5. The lowest BCUT2D eigenvalue weighted by Gasteiger charge is -2.14. The molecule has 0 atom stereocenters. The molecule has 13 heteroatoms. The largest absolute Gasteiger partial charge is 0.506 e. The second-order valence-electron chi connectivity index (χ2n) is 11.3. The van der Waals surface area contributed by atoms with Crippen molar-refractivity contribution in [2.24, 2.45) is 0 Å². The summed E-state index contributed by atoms with van der Waals surface area (Å²) in [6, 6.07) is 19.3. The van der Waals surface area contributed by atoms with Crippen LogP contribution in [0.15, 0.2) is 72.9 Å². The van der Waals surface area contributed by atoms with E-state index in [0.717, 1.165) is 27.3 Å². The van der Waals surface area contributed by atoms with Gasteiger partial charge in [-0.2, -0.15) is 5.10 Å². The number of ether oxygens (including phenoxy) is 1. The number of aromatic hydroxyl groups is 1. The second-order valence-corrected chi connectivity index (χ2v) is 12.7. The van der Waals surface area contributed by atoms with Crippen LogP contribution in [0, 0.1) is 0 Å². The highest BCUT2D eigenvalue weighted by Gasteiger charge is 2.22. The van der Waals surface area contributed by atoms with Gasteiger partial charge >= 0.3 is 12.0 Å². The van der Waals surface area contributed by atoms with E-state index in [-0.39, 0.29) is 16.2 Å². The third-order valence-electron chi connectivity index (χ3n) is 6.94. The highest BCUT2D eigenvalue weighted by molar-refractivity contribution is 7.23. The molecular formula is C32H30ClN7O4S. The van der Waals surface area contributed by atoms with Crippen LogP contribution >= 0.6 is 22.9 Å². The quantitative estimate of drug-likeness (QED) is 0.130. The summed E-state index contributed by atoms with van der Waals surface area (Å²) in [6.07, 6.45) is 1.54. The summed E-state index contributed by atoms with van der Waals surface area (Å²) in [6.45, 7) is 8.15. The molecule has 0 bridgehead atoms. The number of esters is 1. The Hall–Kier alpha value is -5.07. The SMILES string of the molecule is CCOC(=O)c1cnc2sc3cc(Nc4ccc(NC(=O)Nc5cc(C(C)(C)C)nn5-c5ccc(O)c(Cl)c5)cc4)ccc3n12. The number of nitrogens with one attached hydrogen (secondary N) is 3. The molecule has 3 heterocycles. The standard InChI is InChI=1S/C32H30ClN7O4S/c1-5-44-29(42)24-17-34-31-39(24)23-12-10-20(14-26(23)45-31)35-18-6-8-19(9-7-18)36-30(43)37-28-16-27(32(2,3)4)38-40(28)21-11-13-25(41)22(33)15-21/h6-17,35,41H,5H2,1-4H3,(H2,36,37,43). The number of nitrogens with zero attached hydrogens (tertiary/aromatic N) is 4. The van der Waals surface area contributed by atoms with Crippen LogP contribution < -0.4 is 16.0 Å². The molecule has 3 aromatic heterocycles. The Balaban J connectivity index is 1.15. The van der Waals surface area contributed by atoms with Crippen LogP contribution in [0.25, 0.3) is 20.9 Å². The highest BCUT2D eigenvalue weighted by Crippen LogP contribution is 2.32. The Labute approximate surface area is 267 Å². The Morgan fingerprint density at radius 3 is 2.42 bits per heavy atom. The first-order valence-electron chi connectivity index (χ1n) is 14.1. The van der Waals surface area contributed by atoms with Crippen molar-refractivity contribution in [2.45, 2.75) is 33.1 Å². The summed E-state index contributed by atoms with van der Waals surface area (Å²) in [5.41, 5.74) is 4.64. The predicted molar refractivity (Wildman–Crippen MR) is 178 cm³/mol. The normalized spacial score (nSPS) is 11.6. The number of halogens is 1. The molecule has 0 aliphatic heterocycles. The number of phenolic OH excluding ortho intramolecular Hbond substituents is 1. The Morgan fingerprint density at radius 2 is 1.71 bits per heavy atom. The average molecular weight is 644 g/mol. The van der Waals surface area contributed by atoms with Gasteiger partial charge in [0.05, 0.1) is 39.4 Å². The van der Waals surface area contributed by atoms with Crippen molar-refractivity contribution in [3.8, 4) is 11.4 Å². The molecule has 6 aromatic rings. The third kappa shape index (κ3) is 6.15. The fourth-order valence-corrected chi connectivity index (χ4v) is 5.90. The summed E-state index contributed by atoms with van der Waals surface area (Å²) < 4.78 is 9.53. The molecule has 11 nitrogen and oxygen atoms in total.